The predicted octanol–water partition coefficient (Wildman–Crippen LogP) is 3.71. The smallest absolute Gasteiger partial charge is 0.242 e. The van der Waals surface area contributed by atoms with Crippen LogP contribution in [0.3, 0.4) is 0 Å². The van der Waals surface area contributed by atoms with Gasteiger partial charge in [0.15, 0.2) is 0 Å². The van der Waals surface area contributed by atoms with Crippen LogP contribution in [0.25, 0.3) is 0 Å². The number of methoxy groups -OCH3 is 1. The molecule has 2 rings (SSSR count). The fourth-order valence-corrected chi connectivity index (χ4v) is 4.89. The van der Waals surface area contributed by atoms with E-state index in [2.05, 4.69) is 5.32 Å². The van der Waals surface area contributed by atoms with Crippen molar-refractivity contribution in [1.82, 2.24) is 10.2 Å². The second kappa shape index (κ2) is 12.3. The van der Waals surface area contributed by atoms with Gasteiger partial charge in [0, 0.05) is 48.2 Å². The molecule has 186 valence electrons. The summed E-state index contributed by atoms with van der Waals surface area (Å²) >= 11 is 12.6. The zero-order valence-corrected chi connectivity index (χ0v) is 21.9. The second-order valence-electron chi connectivity index (χ2n) is 7.65. The molecule has 1 N–H and O–H groups in total. The molecule has 0 spiro atoms. The lowest BCUT2D eigenvalue weighted by Crippen LogP contribution is -2.47. The summed E-state index contributed by atoms with van der Waals surface area (Å²) in [7, 11) is -0.617. The van der Waals surface area contributed by atoms with E-state index in [1.54, 1.807) is 49.4 Å². The number of likely N-dealkylation sites (N-methyl/N-ethyl adjacent to an activating group) is 1. The van der Waals surface area contributed by atoms with E-state index in [4.69, 9.17) is 27.9 Å². The maximum absolute atomic E-state index is 13.2. The third kappa shape index (κ3) is 7.25. The minimum absolute atomic E-state index is 0.0133. The third-order valence-electron chi connectivity index (χ3n) is 5.30. The molecular formula is C23H29Cl2N3O5S. The van der Waals surface area contributed by atoms with E-state index in [9.17, 15) is 18.0 Å². The monoisotopic (exact) mass is 529 g/mol. The van der Waals surface area contributed by atoms with Crippen LogP contribution in [0.1, 0.15) is 25.3 Å². The van der Waals surface area contributed by atoms with Gasteiger partial charge in [-0.1, -0.05) is 35.3 Å². The van der Waals surface area contributed by atoms with Gasteiger partial charge in [-0.3, -0.25) is 13.9 Å². The number of sulfonamides is 1. The van der Waals surface area contributed by atoms with Gasteiger partial charge in [0.2, 0.25) is 21.8 Å². The summed E-state index contributed by atoms with van der Waals surface area (Å²) < 4.78 is 31.2. The van der Waals surface area contributed by atoms with Crippen LogP contribution in [-0.4, -0.2) is 58.1 Å². The number of halogens is 2. The van der Waals surface area contributed by atoms with Gasteiger partial charge in [-0.25, -0.2) is 8.42 Å². The summed E-state index contributed by atoms with van der Waals surface area (Å²) in [5.41, 5.74) is 0.969. The van der Waals surface area contributed by atoms with Gasteiger partial charge >= 0.3 is 0 Å². The fraction of sp³-hybridized carbons (Fsp3) is 0.391. The number of carbonyl (C=O) groups is 2. The first-order chi connectivity index (χ1) is 16.0. The Balaban J connectivity index is 2.21. The van der Waals surface area contributed by atoms with Crippen LogP contribution in [0.4, 0.5) is 5.69 Å². The molecule has 0 bridgehead atoms. The Hall–Kier alpha value is -2.49. The number of amides is 2. The minimum Gasteiger partial charge on any atom is -0.497 e. The summed E-state index contributed by atoms with van der Waals surface area (Å²) in [5, 5.41) is 3.31. The van der Waals surface area contributed by atoms with Crippen molar-refractivity contribution in [1.29, 1.82) is 0 Å². The number of nitrogens with zero attached hydrogens (tertiary/aromatic N) is 2. The van der Waals surface area contributed by atoms with Crippen LogP contribution in [-0.2, 0) is 26.2 Å². The highest BCUT2D eigenvalue weighted by Gasteiger charge is 2.27. The number of nitrogens with one attached hydrogen (secondary N) is 1. The first-order valence-corrected chi connectivity index (χ1v) is 13.2. The Morgan fingerprint density at radius 1 is 1.12 bits per heavy atom. The van der Waals surface area contributed by atoms with Crippen LogP contribution in [0.5, 0.6) is 5.75 Å². The highest BCUT2D eigenvalue weighted by Crippen LogP contribution is 2.27. The average Bonchev–Trinajstić information content (AvgIpc) is 2.79. The molecule has 0 aliphatic rings. The summed E-state index contributed by atoms with van der Waals surface area (Å²) in [4.78, 5) is 26.9. The van der Waals surface area contributed by atoms with Crippen LogP contribution in [0.2, 0.25) is 10.0 Å². The molecule has 0 saturated carbocycles. The number of rotatable bonds is 11. The van der Waals surface area contributed by atoms with Crippen molar-refractivity contribution in [3.8, 4) is 5.75 Å². The van der Waals surface area contributed by atoms with Gasteiger partial charge in [0.1, 0.15) is 11.8 Å². The number of anilines is 1. The topological polar surface area (TPSA) is 96.0 Å². The van der Waals surface area contributed by atoms with Crippen LogP contribution >= 0.6 is 23.2 Å². The third-order valence-corrected chi connectivity index (χ3v) is 7.20. The lowest BCUT2D eigenvalue weighted by Gasteiger charge is -2.29. The van der Waals surface area contributed by atoms with Gasteiger partial charge in [-0.05, 0) is 37.6 Å². The van der Waals surface area contributed by atoms with E-state index in [1.165, 1.54) is 23.4 Å². The van der Waals surface area contributed by atoms with Gasteiger partial charge in [-0.2, -0.15) is 0 Å². The molecule has 0 saturated heterocycles. The molecule has 0 unspecified atom stereocenters. The number of hydrogen-bond acceptors (Lipinski definition) is 5. The van der Waals surface area contributed by atoms with Crippen molar-refractivity contribution in [2.75, 3.05) is 31.3 Å². The lowest BCUT2D eigenvalue weighted by molar-refractivity contribution is -0.140. The van der Waals surface area contributed by atoms with E-state index in [0.717, 1.165) is 6.26 Å². The van der Waals surface area contributed by atoms with Crippen molar-refractivity contribution in [2.24, 2.45) is 0 Å². The highest BCUT2D eigenvalue weighted by molar-refractivity contribution is 7.92. The largest absolute Gasteiger partial charge is 0.497 e. The molecule has 0 radical (unpaired) electrons. The number of carbonyl (C=O) groups excluding carboxylic acids is 2. The van der Waals surface area contributed by atoms with Crippen molar-refractivity contribution in [3.05, 3.63) is 58.1 Å². The normalized spacial score (nSPS) is 12.1. The summed E-state index contributed by atoms with van der Waals surface area (Å²) in [6.07, 6.45) is 1.35. The van der Waals surface area contributed by atoms with Crippen LogP contribution in [0, 0.1) is 0 Å². The minimum atomic E-state index is -3.60. The van der Waals surface area contributed by atoms with E-state index in [0.29, 0.717) is 27.0 Å². The van der Waals surface area contributed by atoms with Crippen LogP contribution < -0.4 is 14.4 Å². The Morgan fingerprint density at radius 2 is 1.74 bits per heavy atom. The number of benzene rings is 2. The average molecular weight is 530 g/mol. The van der Waals surface area contributed by atoms with Crippen molar-refractivity contribution < 1.29 is 22.7 Å². The molecular weight excluding hydrogens is 501 g/mol. The summed E-state index contributed by atoms with van der Waals surface area (Å²) in [5.74, 6) is -0.152. The van der Waals surface area contributed by atoms with Gasteiger partial charge in [0.05, 0.1) is 19.1 Å². The second-order valence-corrected chi connectivity index (χ2v) is 10.4. The first-order valence-electron chi connectivity index (χ1n) is 10.5. The molecule has 8 nitrogen and oxygen atoms in total. The van der Waals surface area contributed by atoms with E-state index >= 15 is 0 Å². The molecule has 0 aliphatic heterocycles. The molecule has 1 atom stereocenters. The number of hydrogen-bond donors (Lipinski definition) is 1. The van der Waals surface area contributed by atoms with E-state index < -0.39 is 16.1 Å². The maximum atomic E-state index is 13.2. The molecule has 2 aromatic carbocycles. The first kappa shape index (κ1) is 27.8. The maximum Gasteiger partial charge on any atom is 0.242 e. The summed E-state index contributed by atoms with van der Waals surface area (Å²) in [6, 6.07) is 10.9. The van der Waals surface area contributed by atoms with E-state index in [1.807, 2.05) is 0 Å². The molecule has 2 amide bonds. The molecule has 0 aromatic heterocycles. The van der Waals surface area contributed by atoms with Crippen LogP contribution in [0.15, 0.2) is 42.5 Å². The fourth-order valence-electron chi connectivity index (χ4n) is 3.41. The molecule has 2 aromatic rings. The SMILES string of the molecule is CNC(=O)[C@H](C)N(Cc1c(Cl)cccc1Cl)C(=O)CCCN(c1cccc(OC)c1)S(C)(=O)=O. The Kier molecular flexibility index (Phi) is 10.0. The Labute approximate surface area is 210 Å². The Morgan fingerprint density at radius 3 is 2.29 bits per heavy atom. The predicted molar refractivity (Wildman–Crippen MR) is 135 cm³/mol. The lowest BCUT2D eigenvalue weighted by atomic mass is 10.1. The van der Waals surface area contributed by atoms with Crippen molar-refractivity contribution in [2.45, 2.75) is 32.4 Å². The van der Waals surface area contributed by atoms with Gasteiger partial charge in [0.25, 0.3) is 0 Å². The van der Waals surface area contributed by atoms with Crippen molar-refractivity contribution >= 4 is 50.7 Å². The highest BCUT2D eigenvalue weighted by atomic mass is 35.5. The summed E-state index contributed by atoms with van der Waals surface area (Å²) in [6.45, 7) is 1.73. The van der Waals surface area contributed by atoms with Gasteiger partial charge in [-0.15, -0.1) is 0 Å². The molecule has 34 heavy (non-hydrogen) atoms. The quantitative estimate of drug-likeness (QED) is 0.478. The molecule has 0 aliphatic carbocycles. The molecule has 0 heterocycles. The standard InChI is InChI=1S/C23H29Cl2N3O5S/c1-16(23(30)26-2)27(15-19-20(24)10-6-11-21(19)25)22(29)12-7-13-28(34(4,31)32)17-8-5-9-18(14-17)33-3/h5-6,8-11,14,16H,7,12-13,15H2,1-4H3,(H,26,30)/t16-/m0/s1. The van der Waals surface area contributed by atoms with E-state index in [-0.39, 0.29) is 37.7 Å². The Bertz CT molecular complexity index is 1110. The molecule has 11 heteroatoms. The zero-order valence-electron chi connectivity index (χ0n) is 19.5. The number of ether oxygens (including phenoxy) is 1. The van der Waals surface area contributed by atoms with Crippen molar-refractivity contribution in [3.63, 3.8) is 0 Å². The van der Waals surface area contributed by atoms with Gasteiger partial charge < -0.3 is 15.0 Å². The molecule has 0 fully saturated rings. The zero-order chi connectivity index (χ0) is 25.5.